The first-order chi connectivity index (χ1) is 15.0. The van der Waals surface area contributed by atoms with Crippen LogP contribution in [0.3, 0.4) is 0 Å². The minimum absolute atomic E-state index is 0.0399. The summed E-state index contributed by atoms with van der Waals surface area (Å²) in [6.45, 7) is 0. The third kappa shape index (κ3) is 4.43. The maximum Gasteiger partial charge on any atom is 0.294 e. The lowest BCUT2D eigenvalue weighted by molar-refractivity contribution is -0.117. The van der Waals surface area contributed by atoms with Crippen LogP contribution in [0, 0.1) is 3.57 Å². The molecule has 3 aromatic rings. The normalized spacial score (nSPS) is 16.4. The fraction of sp³-hybridized carbons (Fsp3) is 0.0400. The van der Waals surface area contributed by atoms with Crippen molar-refractivity contribution < 1.29 is 14.7 Å². The molecule has 1 amide bonds. The lowest BCUT2D eigenvalue weighted by Crippen LogP contribution is -2.30. The van der Waals surface area contributed by atoms with Crippen LogP contribution in [0.5, 0.6) is 0 Å². The van der Waals surface area contributed by atoms with Crippen molar-refractivity contribution in [3.8, 4) is 0 Å². The molecule has 0 aliphatic carbocycles. The van der Waals surface area contributed by atoms with Gasteiger partial charge in [0, 0.05) is 14.3 Å². The van der Waals surface area contributed by atoms with E-state index in [4.69, 9.17) is 11.6 Å². The van der Waals surface area contributed by atoms with E-state index < -0.39 is 23.5 Å². The van der Waals surface area contributed by atoms with Crippen molar-refractivity contribution in [3.63, 3.8) is 0 Å². The largest absolute Gasteiger partial charge is 0.503 e. The number of aliphatic hydroxyl groups excluding tert-OH is 1. The number of rotatable bonds is 5. The third-order valence-corrected chi connectivity index (χ3v) is 5.96. The number of carbonyl (C=O) groups is 2. The van der Waals surface area contributed by atoms with E-state index >= 15 is 0 Å². The van der Waals surface area contributed by atoms with E-state index in [2.05, 4.69) is 22.6 Å². The molecule has 0 saturated carbocycles. The quantitative estimate of drug-likeness (QED) is 0.312. The molecule has 1 atom stereocenters. The highest BCUT2D eigenvalue weighted by molar-refractivity contribution is 14.1. The third-order valence-electron chi connectivity index (χ3n) is 4.99. The Morgan fingerprint density at radius 3 is 2.26 bits per heavy atom. The lowest BCUT2D eigenvalue weighted by atomic mass is 9.95. The molecule has 0 aromatic heterocycles. The molecule has 0 unspecified atom stereocenters. The minimum atomic E-state index is -0.766. The summed E-state index contributed by atoms with van der Waals surface area (Å²) in [6.07, 6.45) is 3.05. The number of allylic oxidation sites excluding steroid dienone is 1. The van der Waals surface area contributed by atoms with Crippen molar-refractivity contribution >= 4 is 57.6 Å². The zero-order valence-electron chi connectivity index (χ0n) is 16.2. The van der Waals surface area contributed by atoms with E-state index in [-0.39, 0.29) is 5.57 Å². The standard InChI is InChI=1S/C25H17ClINO3/c26-18-9-7-17(8-10-18)23-22(21(29)15-6-16-4-2-1-3-5-16)24(30)25(31)28(23)20-13-11-19(27)12-14-20/h1-15,23,30H/b15-6+/t23-/m1/s1. The van der Waals surface area contributed by atoms with Gasteiger partial charge in [-0.25, -0.2) is 0 Å². The lowest BCUT2D eigenvalue weighted by Gasteiger charge is -2.26. The molecular weight excluding hydrogens is 525 g/mol. The summed E-state index contributed by atoms with van der Waals surface area (Å²) >= 11 is 8.22. The summed E-state index contributed by atoms with van der Waals surface area (Å²) in [5.41, 5.74) is 2.15. The molecule has 31 heavy (non-hydrogen) atoms. The molecule has 0 bridgehead atoms. The number of anilines is 1. The summed E-state index contributed by atoms with van der Waals surface area (Å²) in [7, 11) is 0. The smallest absolute Gasteiger partial charge is 0.294 e. The van der Waals surface area contributed by atoms with E-state index in [9.17, 15) is 14.7 Å². The van der Waals surface area contributed by atoms with Crippen LogP contribution in [0.2, 0.25) is 5.02 Å². The molecule has 1 N–H and O–H groups in total. The van der Waals surface area contributed by atoms with Crippen LogP contribution in [0.1, 0.15) is 17.2 Å². The molecule has 4 nitrogen and oxygen atoms in total. The van der Waals surface area contributed by atoms with Crippen LogP contribution in [-0.2, 0) is 9.59 Å². The number of carbonyl (C=O) groups excluding carboxylic acids is 2. The Bertz CT molecular complexity index is 1190. The van der Waals surface area contributed by atoms with Crippen molar-refractivity contribution in [3.05, 3.63) is 116 Å². The van der Waals surface area contributed by atoms with Gasteiger partial charge in [-0.1, -0.05) is 60.1 Å². The zero-order chi connectivity index (χ0) is 22.0. The van der Waals surface area contributed by atoms with Gasteiger partial charge >= 0.3 is 0 Å². The summed E-state index contributed by atoms with van der Waals surface area (Å²) in [4.78, 5) is 27.6. The number of hydrogen-bond donors (Lipinski definition) is 1. The van der Waals surface area contributed by atoms with E-state index in [1.54, 1.807) is 42.5 Å². The topological polar surface area (TPSA) is 57.6 Å². The first kappa shape index (κ1) is 21.3. The van der Waals surface area contributed by atoms with Crippen molar-refractivity contribution in [1.82, 2.24) is 0 Å². The summed E-state index contributed by atoms with van der Waals surface area (Å²) in [6, 6.07) is 22.8. The minimum Gasteiger partial charge on any atom is -0.503 e. The molecule has 1 aliphatic rings. The average Bonchev–Trinajstić information content (AvgIpc) is 3.05. The van der Waals surface area contributed by atoms with Gasteiger partial charge in [0.15, 0.2) is 11.5 Å². The first-order valence-corrected chi connectivity index (χ1v) is 11.0. The Kier molecular flexibility index (Phi) is 6.25. The predicted octanol–water partition coefficient (Wildman–Crippen LogP) is 6.13. The fourth-order valence-electron chi connectivity index (χ4n) is 3.51. The van der Waals surface area contributed by atoms with Gasteiger partial charge in [0.25, 0.3) is 5.91 Å². The molecule has 3 aromatic carbocycles. The molecule has 0 saturated heterocycles. The zero-order valence-corrected chi connectivity index (χ0v) is 19.1. The first-order valence-electron chi connectivity index (χ1n) is 9.51. The fourth-order valence-corrected chi connectivity index (χ4v) is 4.00. The van der Waals surface area contributed by atoms with Gasteiger partial charge in [-0.3, -0.25) is 14.5 Å². The van der Waals surface area contributed by atoms with Crippen LogP contribution in [-0.4, -0.2) is 16.8 Å². The Morgan fingerprint density at radius 2 is 1.61 bits per heavy atom. The maximum absolute atomic E-state index is 13.1. The molecule has 0 fully saturated rings. The second kappa shape index (κ2) is 9.08. The van der Waals surface area contributed by atoms with Gasteiger partial charge in [0.2, 0.25) is 0 Å². The van der Waals surface area contributed by atoms with Gasteiger partial charge in [0.1, 0.15) is 0 Å². The summed E-state index contributed by atoms with van der Waals surface area (Å²) in [5.74, 6) is -1.58. The molecule has 154 valence electrons. The van der Waals surface area contributed by atoms with Crippen molar-refractivity contribution in [2.45, 2.75) is 6.04 Å². The molecule has 1 heterocycles. The number of ketones is 1. The van der Waals surface area contributed by atoms with Crippen LogP contribution < -0.4 is 4.90 Å². The number of halogens is 2. The maximum atomic E-state index is 13.1. The molecule has 6 heteroatoms. The van der Waals surface area contributed by atoms with Crippen molar-refractivity contribution in [2.24, 2.45) is 0 Å². The molecular formula is C25H17ClINO3. The highest BCUT2D eigenvalue weighted by Crippen LogP contribution is 2.41. The second-order valence-electron chi connectivity index (χ2n) is 6.98. The number of amides is 1. The number of hydrogen-bond acceptors (Lipinski definition) is 3. The van der Waals surface area contributed by atoms with Crippen LogP contribution in [0.25, 0.3) is 6.08 Å². The Morgan fingerprint density at radius 1 is 0.968 bits per heavy atom. The monoisotopic (exact) mass is 541 g/mol. The summed E-state index contributed by atoms with van der Waals surface area (Å²) in [5, 5.41) is 11.2. The van der Waals surface area contributed by atoms with Gasteiger partial charge < -0.3 is 5.11 Å². The Balaban J connectivity index is 1.78. The van der Waals surface area contributed by atoms with E-state index in [1.165, 1.54) is 11.0 Å². The SMILES string of the molecule is O=C(/C=C/c1ccccc1)C1=C(O)C(=O)N(c2ccc(I)cc2)[C@@H]1c1ccc(Cl)cc1. The Hall–Kier alpha value is -2.90. The van der Waals surface area contributed by atoms with Gasteiger partial charge in [0.05, 0.1) is 11.6 Å². The predicted molar refractivity (Wildman–Crippen MR) is 131 cm³/mol. The Labute approximate surface area is 198 Å². The van der Waals surface area contributed by atoms with Gasteiger partial charge in [-0.05, 0) is 76.2 Å². The second-order valence-corrected chi connectivity index (χ2v) is 8.66. The summed E-state index contributed by atoms with van der Waals surface area (Å²) < 4.78 is 1.01. The highest BCUT2D eigenvalue weighted by Gasteiger charge is 2.43. The number of benzene rings is 3. The molecule has 0 spiro atoms. The molecule has 0 radical (unpaired) electrons. The number of aliphatic hydroxyl groups is 1. The van der Waals surface area contributed by atoms with Crippen molar-refractivity contribution in [1.29, 1.82) is 0 Å². The average molecular weight is 542 g/mol. The van der Waals surface area contributed by atoms with Crippen LogP contribution in [0.15, 0.2) is 96.3 Å². The van der Waals surface area contributed by atoms with E-state index in [0.29, 0.717) is 16.3 Å². The molecule has 1 aliphatic heterocycles. The van der Waals surface area contributed by atoms with E-state index in [1.807, 2.05) is 42.5 Å². The highest BCUT2D eigenvalue weighted by atomic mass is 127. The molecule has 4 rings (SSSR count). The van der Waals surface area contributed by atoms with Crippen LogP contribution >= 0.6 is 34.2 Å². The van der Waals surface area contributed by atoms with E-state index in [0.717, 1.165) is 9.13 Å². The van der Waals surface area contributed by atoms with Crippen LogP contribution in [0.4, 0.5) is 5.69 Å². The van der Waals surface area contributed by atoms with Crippen molar-refractivity contribution in [2.75, 3.05) is 4.90 Å². The number of nitrogens with zero attached hydrogens (tertiary/aromatic N) is 1. The van der Waals surface area contributed by atoms with Gasteiger partial charge in [-0.15, -0.1) is 0 Å². The van der Waals surface area contributed by atoms with Gasteiger partial charge in [-0.2, -0.15) is 0 Å².